The SMILES string of the molecule is NC1=NCNc2c1[nH]c(=O)n2[C@H]1C[C@H](O)[C@@H](CO)O1. The van der Waals surface area contributed by atoms with E-state index < -0.39 is 24.1 Å². The molecule has 1 fully saturated rings. The van der Waals surface area contributed by atoms with Crippen molar-refractivity contribution in [3.63, 3.8) is 0 Å². The number of aromatic amines is 1. The van der Waals surface area contributed by atoms with Gasteiger partial charge in [0.25, 0.3) is 0 Å². The molecule has 0 radical (unpaired) electrons. The standard InChI is InChI=1S/C10H15N5O4/c11-8-7-9(13-3-12-8)15(10(18)14-7)6-1-4(17)5(2-16)19-6/h4-6,13,16-17H,1-3H2,(H2,11,12)(H,14,18)/t4-,5+,6+/m0/s1. The second-order valence-electron chi connectivity index (χ2n) is 4.52. The van der Waals surface area contributed by atoms with Crippen LogP contribution in [0.4, 0.5) is 5.82 Å². The Kier molecular flexibility index (Phi) is 2.81. The molecule has 0 saturated carbocycles. The van der Waals surface area contributed by atoms with Gasteiger partial charge >= 0.3 is 5.69 Å². The molecule has 3 rings (SSSR count). The van der Waals surface area contributed by atoms with Gasteiger partial charge in [-0.2, -0.15) is 0 Å². The van der Waals surface area contributed by atoms with Crippen molar-refractivity contribution in [2.24, 2.45) is 10.7 Å². The van der Waals surface area contributed by atoms with Crippen molar-refractivity contribution in [3.8, 4) is 0 Å². The fraction of sp³-hybridized carbons (Fsp3) is 0.600. The molecule has 2 aliphatic rings. The summed E-state index contributed by atoms with van der Waals surface area (Å²) in [7, 11) is 0. The molecule has 0 aliphatic carbocycles. The molecular formula is C10H15N5O4. The Bertz CT molecular complexity index is 577. The number of nitrogens with one attached hydrogen (secondary N) is 2. The first kappa shape index (κ1) is 12.2. The van der Waals surface area contributed by atoms with Gasteiger partial charge in [-0.1, -0.05) is 0 Å². The van der Waals surface area contributed by atoms with Crippen molar-refractivity contribution in [1.29, 1.82) is 0 Å². The molecule has 0 aromatic carbocycles. The Labute approximate surface area is 107 Å². The van der Waals surface area contributed by atoms with E-state index in [1.165, 1.54) is 4.57 Å². The summed E-state index contributed by atoms with van der Waals surface area (Å²) in [5, 5.41) is 21.7. The van der Waals surface area contributed by atoms with E-state index in [0.29, 0.717) is 11.5 Å². The quantitative estimate of drug-likeness (QED) is 0.417. The van der Waals surface area contributed by atoms with E-state index in [1.807, 2.05) is 0 Å². The number of rotatable bonds is 2. The van der Waals surface area contributed by atoms with Crippen LogP contribution in [0.2, 0.25) is 0 Å². The molecule has 6 N–H and O–H groups in total. The average molecular weight is 269 g/mol. The molecule has 19 heavy (non-hydrogen) atoms. The van der Waals surface area contributed by atoms with E-state index in [9.17, 15) is 9.90 Å². The summed E-state index contributed by atoms with van der Waals surface area (Å²) >= 11 is 0. The lowest BCUT2D eigenvalue weighted by molar-refractivity contribution is -0.0447. The van der Waals surface area contributed by atoms with Crippen LogP contribution < -0.4 is 16.7 Å². The highest BCUT2D eigenvalue weighted by molar-refractivity contribution is 6.01. The number of aliphatic hydroxyl groups excluding tert-OH is 2. The number of amidine groups is 1. The zero-order chi connectivity index (χ0) is 13.6. The molecule has 0 unspecified atom stereocenters. The number of H-pyrrole nitrogens is 1. The fourth-order valence-corrected chi connectivity index (χ4v) is 2.40. The predicted molar refractivity (Wildman–Crippen MR) is 65.9 cm³/mol. The minimum Gasteiger partial charge on any atom is -0.394 e. The van der Waals surface area contributed by atoms with Crippen LogP contribution in [0.1, 0.15) is 18.3 Å². The predicted octanol–water partition coefficient (Wildman–Crippen LogP) is -2.09. The molecule has 1 aromatic heterocycles. The Hall–Kier alpha value is -1.84. The number of nitrogens with two attached hydrogens (primary N) is 1. The van der Waals surface area contributed by atoms with Crippen LogP contribution in [-0.2, 0) is 4.74 Å². The maximum atomic E-state index is 12.0. The number of ether oxygens (including phenoxy) is 1. The van der Waals surface area contributed by atoms with Crippen molar-refractivity contribution in [2.75, 3.05) is 18.6 Å². The lowest BCUT2D eigenvalue weighted by Gasteiger charge is -2.18. The number of imidazole rings is 1. The van der Waals surface area contributed by atoms with Crippen LogP contribution in [0.3, 0.4) is 0 Å². The Morgan fingerprint density at radius 1 is 1.58 bits per heavy atom. The average Bonchev–Trinajstić information content (AvgIpc) is 2.90. The van der Waals surface area contributed by atoms with Crippen LogP contribution in [0, 0.1) is 0 Å². The summed E-state index contributed by atoms with van der Waals surface area (Å²) in [6.45, 7) is -0.0229. The number of aliphatic hydroxyl groups is 2. The van der Waals surface area contributed by atoms with Crippen LogP contribution in [-0.4, -0.2) is 51.1 Å². The van der Waals surface area contributed by atoms with Crippen LogP contribution in [0.15, 0.2) is 9.79 Å². The lowest BCUT2D eigenvalue weighted by Crippen LogP contribution is -2.27. The molecule has 1 saturated heterocycles. The molecule has 2 aliphatic heterocycles. The maximum Gasteiger partial charge on any atom is 0.329 e. The number of hydrogen-bond donors (Lipinski definition) is 5. The second kappa shape index (κ2) is 4.37. The summed E-state index contributed by atoms with van der Waals surface area (Å²) in [5.41, 5.74) is 5.73. The molecule has 0 spiro atoms. The first-order valence-electron chi connectivity index (χ1n) is 5.95. The van der Waals surface area contributed by atoms with Crippen molar-refractivity contribution < 1.29 is 14.9 Å². The highest BCUT2D eigenvalue weighted by Crippen LogP contribution is 2.31. The molecule has 104 valence electrons. The second-order valence-corrected chi connectivity index (χ2v) is 4.52. The molecular weight excluding hydrogens is 254 g/mol. The van der Waals surface area contributed by atoms with Crippen molar-refractivity contribution in [1.82, 2.24) is 9.55 Å². The van der Waals surface area contributed by atoms with E-state index in [1.54, 1.807) is 0 Å². The summed E-state index contributed by atoms with van der Waals surface area (Å²) in [6.07, 6.45) is -1.90. The van der Waals surface area contributed by atoms with Crippen LogP contribution in [0.25, 0.3) is 0 Å². The highest BCUT2D eigenvalue weighted by atomic mass is 16.5. The summed E-state index contributed by atoms with van der Waals surface area (Å²) in [6, 6.07) is 0. The van der Waals surface area contributed by atoms with E-state index in [2.05, 4.69) is 15.3 Å². The van der Waals surface area contributed by atoms with E-state index >= 15 is 0 Å². The van der Waals surface area contributed by atoms with Gasteiger partial charge < -0.3 is 31.0 Å². The number of fused-ring (bicyclic) bond motifs is 1. The molecule has 9 nitrogen and oxygen atoms in total. The van der Waals surface area contributed by atoms with Crippen molar-refractivity contribution >= 4 is 11.7 Å². The zero-order valence-electron chi connectivity index (χ0n) is 10.0. The number of nitrogens with zero attached hydrogens (tertiary/aromatic N) is 2. The summed E-state index contributed by atoms with van der Waals surface area (Å²) in [4.78, 5) is 18.5. The minimum atomic E-state index is -0.804. The van der Waals surface area contributed by atoms with Crippen molar-refractivity contribution in [3.05, 3.63) is 16.2 Å². The first-order chi connectivity index (χ1) is 9.11. The van der Waals surface area contributed by atoms with Crippen molar-refractivity contribution in [2.45, 2.75) is 24.9 Å². The van der Waals surface area contributed by atoms with Gasteiger partial charge in [0.05, 0.1) is 12.7 Å². The van der Waals surface area contributed by atoms with Gasteiger partial charge in [0.1, 0.15) is 36.3 Å². The summed E-state index contributed by atoms with van der Waals surface area (Å²) in [5.74, 6) is 0.746. The Morgan fingerprint density at radius 2 is 2.37 bits per heavy atom. The third-order valence-corrected chi connectivity index (χ3v) is 3.35. The van der Waals surface area contributed by atoms with E-state index in [0.717, 1.165) is 0 Å². The Morgan fingerprint density at radius 3 is 3.05 bits per heavy atom. The largest absolute Gasteiger partial charge is 0.394 e. The fourth-order valence-electron chi connectivity index (χ4n) is 2.40. The van der Waals surface area contributed by atoms with E-state index in [-0.39, 0.29) is 25.5 Å². The number of aromatic nitrogens is 2. The van der Waals surface area contributed by atoms with E-state index in [4.69, 9.17) is 15.6 Å². The Balaban J connectivity index is 1.99. The van der Waals surface area contributed by atoms with Gasteiger partial charge in [0.15, 0.2) is 0 Å². The normalized spacial score (nSPS) is 29.8. The number of aliphatic imine (C=N–C) groups is 1. The first-order valence-corrected chi connectivity index (χ1v) is 5.95. The van der Waals surface area contributed by atoms with Gasteiger partial charge in [-0.25, -0.2) is 9.79 Å². The van der Waals surface area contributed by atoms with Gasteiger partial charge in [0, 0.05) is 6.42 Å². The highest BCUT2D eigenvalue weighted by Gasteiger charge is 2.37. The molecule has 3 heterocycles. The van der Waals surface area contributed by atoms with Crippen LogP contribution >= 0.6 is 0 Å². The molecule has 0 amide bonds. The van der Waals surface area contributed by atoms with Gasteiger partial charge in [-0.05, 0) is 0 Å². The minimum absolute atomic E-state index is 0.230. The zero-order valence-corrected chi connectivity index (χ0v) is 10.0. The number of anilines is 1. The van der Waals surface area contributed by atoms with Gasteiger partial charge in [-0.15, -0.1) is 0 Å². The van der Waals surface area contributed by atoms with Gasteiger partial charge in [-0.3, -0.25) is 4.57 Å². The third kappa shape index (κ3) is 1.82. The smallest absolute Gasteiger partial charge is 0.329 e. The molecule has 1 aromatic rings. The monoisotopic (exact) mass is 269 g/mol. The third-order valence-electron chi connectivity index (χ3n) is 3.35. The molecule has 0 bridgehead atoms. The molecule has 3 atom stereocenters. The topological polar surface area (TPSA) is 138 Å². The van der Waals surface area contributed by atoms with Gasteiger partial charge in [0.2, 0.25) is 0 Å². The molecule has 9 heteroatoms. The number of hydrogen-bond acceptors (Lipinski definition) is 7. The van der Waals surface area contributed by atoms with Crippen LogP contribution in [0.5, 0.6) is 0 Å². The lowest BCUT2D eigenvalue weighted by atomic mass is 10.2. The summed E-state index contributed by atoms with van der Waals surface area (Å²) < 4.78 is 6.83. The maximum absolute atomic E-state index is 12.0.